The van der Waals surface area contributed by atoms with Crippen molar-refractivity contribution in [1.29, 1.82) is 0 Å². The molecule has 13 heteroatoms. The van der Waals surface area contributed by atoms with Crippen LogP contribution in [0.1, 0.15) is 17.5 Å². The highest BCUT2D eigenvalue weighted by molar-refractivity contribution is 6.10. The molecule has 0 aliphatic carbocycles. The molecule has 0 spiro atoms. The summed E-state index contributed by atoms with van der Waals surface area (Å²) in [4.78, 5) is 42.3. The van der Waals surface area contributed by atoms with E-state index in [1.807, 2.05) is 0 Å². The van der Waals surface area contributed by atoms with Crippen LogP contribution in [0.5, 0.6) is 23.0 Å². The molecule has 0 heterocycles. The van der Waals surface area contributed by atoms with Gasteiger partial charge in [-0.1, -0.05) is 24.3 Å². The van der Waals surface area contributed by atoms with Gasteiger partial charge in [0.1, 0.15) is 0 Å². The first-order valence-electron chi connectivity index (χ1n) is 10.5. The van der Waals surface area contributed by atoms with E-state index in [4.69, 9.17) is 19.7 Å². The maximum Gasteiger partial charge on any atom is 0.317 e. The predicted octanol–water partition coefficient (Wildman–Crippen LogP) is 1.85. The quantitative estimate of drug-likeness (QED) is 0.183. The lowest BCUT2D eigenvalue weighted by molar-refractivity contribution is -0.136. The van der Waals surface area contributed by atoms with E-state index in [-0.39, 0.29) is 55.0 Å². The van der Waals surface area contributed by atoms with E-state index < -0.39 is 11.9 Å². The van der Waals surface area contributed by atoms with Crippen molar-refractivity contribution in [3.63, 3.8) is 0 Å². The second-order valence-electron chi connectivity index (χ2n) is 6.83. The van der Waals surface area contributed by atoms with Crippen molar-refractivity contribution in [2.24, 2.45) is 11.5 Å². The summed E-state index contributed by atoms with van der Waals surface area (Å²) in [6.45, 7) is -0.556. The van der Waals surface area contributed by atoms with E-state index in [9.17, 15) is 29.4 Å². The van der Waals surface area contributed by atoms with Gasteiger partial charge < -0.3 is 41.4 Å². The number of allylic oxidation sites excluding steroid dienone is 2. The van der Waals surface area contributed by atoms with Gasteiger partial charge in [0, 0.05) is 0 Å². The van der Waals surface area contributed by atoms with Crippen LogP contribution in [0.3, 0.4) is 0 Å². The molecule has 0 radical (unpaired) electrons. The summed E-state index contributed by atoms with van der Waals surface area (Å²) in [5, 5.41) is 34.3. The number of phenols is 2. The molecular formula is C25H31ClN2O10. The Bertz CT molecular complexity index is 1050. The van der Waals surface area contributed by atoms with Gasteiger partial charge in [-0.05, 0) is 47.5 Å². The molecule has 0 bridgehead atoms. The monoisotopic (exact) mass is 554 g/mol. The number of benzene rings is 2. The number of carbonyl (C=O) groups excluding carboxylic acids is 2. The number of hydrogen-bond donors (Lipinski definition) is 6. The molecule has 0 aliphatic heterocycles. The van der Waals surface area contributed by atoms with Crippen LogP contribution in [0.15, 0.2) is 48.6 Å². The Morgan fingerprint density at radius 2 is 1.05 bits per heavy atom. The highest BCUT2D eigenvalue weighted by Crippen LogP contribution is 2.27. The van der Waals surface area contributed by atoms with Crippen molar-refractivity contribution in [2.45, 2.75) is 6.42 Å². The SMILES string of the molecule is COc1cc(/C=C/C(=O)CC(=O)/C=C/c2ccc(O)c(OC)c2)ccc1O.Cl.NCC(=O)O.NCC(=O)O. The van der Waals surface area contributed by atoms with Crippen LogP contribution in [0.4, 0.5) is 0 Å². The van der Waals surface area contributed by atoms with Gasteiger partial charge in [-0.25, -0.2) is 0 Å². The summed E-state index contributed by atoms with van der Waals surface area (Å²) in [5.41, 5.74) is 10.5. The number of carboxylic acid groups (broad SMARTS) is 2. The third kappa shape index (κ3) is 15.6. The number of carbonyl (C=O) groups is 4. The Balaban J connectivity index is 0. The number of aromatic hydroxyl groups is 2. The maximum atomic E-state index is 11.9. The maximum absolute atomic E-state index is 11.9. The topological polar surface area (TPSA) is 220 Å². The average Bonchev–Trinajstić information content (AvgIpc) is 2.88. The summed E-state index contributed by atoms with van der Waals surface area (Å²) >= 11 is 0. The molecule has 2 aromatic carbocycles. The van der Waals surface area contributed by atoms with Gasteiger partial charge in [-0.15, -0.1) is 12.4 Å². The smallest absolute Gasteiger partial charge is 0.317 e. The Morgan fingerprint density at radius 3 is 1.32 bits per heavy atom. The number of rotatable bonds is 10. The van der Waals surface area contributed by atoms with Crippen LogP contribution in [-0.4, -0.2) is 71.2 Å². The summed E-state index contributed by atoms with van der Waals surface area (Å²) in [7, 11) is 2.87. The second kappa shape index (κ2) is 19.8. The number of halogens is 1. The lowest BCUT2D eigenvalue weighted by atomic mass is 10.1. The van der Waals surface area contributed by atoms with Gasteiger partial charge in [-0.3, -0.25) is 19.2 Å². The van der Waals surface area contributed by atoms with Crippen molar-refractivity contribution >= 4 is 48.1 Å². The van der Waals surface area contributed by atoms with Gasteiger partial charge in [0.25, 0.3) is 0 Å². The Hall–Kier alpha value is -4.39. The van der Waals surface area contributed by atoms with Crippen LogP contribution in [0.25, 0.3) is 12.2 Å². The zero-order chi connectivity index (χ0) is 28.4. The molecule has 0 fully saturated rings. The van der Waals surface area contributed by atoms with E-state index in [2.05, 4.69) is 11.5 Å². The van der Waals surface area contributed by atoms with Gasteiger partial charge in [0.15, 0.2) is 34.6 Å². The normalized spacial score (nSPS) is 9.79. The van der Waals surface area contributed by atoms with Crippen molar-refractivity contribution in [1.82, 2.24) is 0 Å². The minimum atomic E-state index is -0.968. The molecule has 0 unspecified atom stereocenters. The lowest BCUT2D eigenvalue weighted by Crippen LogP contribution is -2.10. The number of nitrogens with two attached hydrogens (primary N) is 2. The van der Waals surface area contributed by atoms with E-state index in [0.717, 1.165) is 0 Å². The van der Waals surface area contributed by atoms with Gasteiger partial charge in [0.05, 0.1) is 33.7 Å². The number of carboxylic acids is 2. The molecule has 0 saturated carbocycles. The van der Waals surface area contributed by atoms with Crippen molar-refractivity contribution in [3.8, 4) is 23.0 Å². The fourth-order valence-electron chi connectivity index (χ4n) is 2.26. The first-order chi connectivity index (χ1) is 17.5. The van der Waals surface area contributed by atoms with Gasteiger partial charge >= 0.3 is 11.9 Å². The molecule has 8 N–H and O–H groups in total. The lowest BCUT2D eigenvalue weighted by Gasteiger charge is -2.03. The summed E-state index contributed by atoms with van der Waals surface area (Å²) in [5.74, 6) is -2.02. The molecule has 2 rings (SSSR count). The van der Waals surface area contributed by atoms with Gasteiger partial charge in [-0.2, -0.15) is 0 Å². The molecule has 0 amide bonds. The molecular weight excluding hydrogens is 524 g/mol. The number of aliphatic carboxylic acids is 2. The number of hydrogen-bond acceptors (Lipinski definition) is 10. The van der Waals surface area contributed by atoms with Crippen molar-refractivity contribution < 1.29 is 49.1 Å². The fourth-order valence-corrected chi connectivity index (χ4v) is 2.26. The van der Waals surface area contributed by atoms with E-state index >= 15 is 0 Å². The molecule has 0 aromatic heterocycles. The molecule has 38 heavy (non-hydrogen) atoms. The summed E-state index contributed by atoms with van der Waals surface area (Å²) in [6, 6.07) is 9.34. The summed E-state index contributed by atoms with van der Waals surface area (Å²) < 4.78 is 10.00. The summed E-state index contributed by atoms with van der Waals surface area (Å²) in [6.07, 6.45) is 5.44. The minimum absolute atomic E-state index is 0. The van der Waals surface area contributed by atoms with Crippen molar-refractivity contribution in [3.05, 3.63) is 59.7 Å². The highest BCUT2D eigenvalue weighted by Gasteiger charge is 2.06. The Morgan fingerprint density at radius 1 is 0.737 bits per heavy atom. The molecule has 0 aliphatic rings. The van der Waals surface area contributed by atoms with Crippen molar-refractivity contribution in [2.75, 3.05) is 27.3 Å². The van der Waals surface area contributed by atoms with E-state index in [1.165, 1.54) is 38.5 Å². The van der Waals surface area contributed by atoms with E-state index in [0.29, 0.717) is 22.6 Å². The van der Waals surface area contributed by atoms with Gasteiger partial charge in [0.2, 0.25) is 0 Å². The number of ether oxygens (including phenoxy) is 2. The second-order valence-corrected chi connectivity index (χ2v) is 6.83. The van der Waals surface area contributed by atoms with E-state index in [1.54, 1.807) is 36.4 Å². The standard InChI is InChI=1S/C21H20O6.2C2H5NO2.ClH/c1-26-20-11-14(5-9-18(20)24)3-7-16(22)13-17(23)8-4-15-6-10-19(25)21(12-15)27-2;2*3-1-2(4)5;/h3-12,24-25H,13H2,1-2H3;2*1,3H2,(H,4,5);1H/b7-3+,8-4+;;;. The first kappa shape index (κ1) is 35.8. The molecule has 12 nitrogen and oxygen atoms in total. The predicted molar refractivity (Wildman–Crippen MR) is 143 cm³/mol. The average molecular weight is 555 g/mol. The number of phenolic OH excluding ortho intramolecular Hbond substituents is 2. The Labute approximate surface area is 225 Å². The van der Waals surface area contributed by atoms with Crippen LogP contribution in [-0.2, 0) is 19.2 Å². The largest absolute Gasteiger partial charge is 0.504 e. The third-order valence-corrected chi connectivity index (χ3v) is 4.03. The Kier molecular flexibility index (Phi) is 18.6. The van der Waals surface area contributed by atoms with Crippen LogP contribution >= 0.6 is 12.4 Å². The minimum Gasteiger partial charge on any atom is -0.504 e. The molecule has 208 valence electrons. The van der Waals surface area contributed by atoms with Crippen LogP contribution < -0.4 is 20.9 Å². The molecule has 2 aromatic rings. The third-order valence-electron chi connectivity index (χ3n) is 4.03. The van der Waals surface area contributed by atoms with Crippen LogP contribution in [0.2, 0.25) is 0 Å². The number of methoxy groups -OCH3 is 2. The van der Waals surface area contributed by atoms with Crippen LogP contribution in [0, 0.1) is 0 Å². The molecule has 0 saturated heterocycles. The first-order valence-corrected chi connectivity index (χ1v) is 10.5. The highest BCUT2D eigenvalue weighted by atomic mass is 35.5. The molecule has 0 atom stereocenters. The zero-order valence-corrected chi connectivity index (χ0v) is 21.5. The zero-order valence-electron chi connectivity index (χ0n) is 20.7. The fraction of sp³-hybridized carbons (Fsp3) is 0.200. The number of ketones is 2.